The summed E-state index contributed by atoms with van der Waals surface area (Å²) < 4.78 is 27.7. The Balaban J connectivity index is 1.92. The Morgan fingerprint density at radius 3 is 2.52 bits per heavy atom. The molecule has 0 aliphatic carbocycles. The van der Waals surface area contributed by atoms with E-state index in [4.69, 9.17) is 0 Å². The van der Waals surface area contributed by atoms with Crippen LogP contribution in [0, 0.1) is 0 Å². The lowest BCUT2D eigenvalue weighted by atomic mass is 10.1. The van der Waals surface area contributed by atoms with Crippen molar-refractivity contribution in [2.75, 3.05) is 4.72 Å². The fraction of sp³-hybridized carbons (Fsp3) is 0.167. The number of nitrogens with zero attached hydrogens (tertiary/aromatic N) is 1. The molecule has 0 aliphatic rings. The van der Waals surface area contributed by atoms with Gasteiger partial charge in [-0.25, -0.2) is 13.4 Å². The van der Waals surface area contributed by atoms with E-state index >= 15 is 0 Å². The molecule has 2 aromatic carbocycles. The van der Waals surface area contributed by atoms with Gasteiger partial charge >= 0.3 is 0 Å². The van der Waals surface area contributed by atoms with E-state index in [-0.39, 0.29) is 4.90 Å². The number of rotatable bonds is 5. The van der Waals surface area contributed by atoms with Crippen LogP contribution in [0.25, 0.3) is 10.8 Å². The third kappa shape index (κ3) is 3.51. The minimum absolute atomic E-state index is 0.235. The zero-order valence-electron chi connectivity index (χ0n) is 12.9. The van der Waals surface area contributed by atoms with Crippen LogP contribution in [0.5, 0.6) is 0 Å². The highest BCUT2D eigenvalue weighted by Gasteiger charge is 2.15. The van der Waals surface area contributed by atoms with Crippen molar-refractivity contribution in [3.8, 4) is 0 Å². The zero-order chi connectivity index (χ0) is 16.3. The van der Waals surface area contributed by atoms with Crippen molar-refractivity contribution in [3.63, 3.8) is 0 Å². The lowest BCUT2D eigenvalue weighted by Gasteiger charge is -2.09. The first kappa shape index (κ1) is 15.5. The standard InChI is InChI=1S/C18H18N2O2S/c1-2-6-16-9-5-10-18(19-16)20-23(21,22)17-12-11-14-7-3-4-8-15(14)13-17/h3-5,7-13H,2,6H2,1H3,(H,19,20). The molecule has 5 heteroatoms. The van der Waals surface area contributed by atoms with E-state index in [1.807, 2.05) is 42.5 Å². The number of hydrogen-bond donors (Lipinski definition) is 1. The van der Waals surface area contributed by atoms with E-state index in [1.54, 1.807) is 18.2 Å². The summed E-state index contributed by atoms with van der Waals surface area (Å²) in [5.41, 5.74) is 0.881. The number of benzene rings is 2. The molecule has 1 heterocycles. The topological polar surface area (TPSA) is 59.1 Å². The van der Waals surface area contributed by atoms with E-state index in [1.165, 1.54) is 0 Å². The maximum atomic E-state index is 12.6. The first-order valence-corrected chi connectivity index (χ1v) is 9.04. The first-order chi connectivity index (χ1) is 11.1. The van der Waals surface area contributed by atoms with Crippen molar-refractivity contribution >= 4 is 26.6 Å². The monoisotopic (exact) mass is 326 g/mol. The molecular formula is C18H18N2O2S. The molecule has 0 unspecified atom stereocenters. The molecule has 0 amide bonds. The second kappa shape index (κ2) is 6.38. The fourth-order valence-corrected chi connectivity index (χ4v) is 3.50. The Morgan fingerprint density at radius 1 is 0.957 bits per heavy atom. The van der Waals surface area contributed by atoms with Gasteiger partial charge < -0.3 is 0 Å². The second-order valence-electron chi connectivity index (χ2n) is 5.38. The number of fused-ring (bicyclic) bond motifs is 1. The first-order valence-electron chi connectivity index (χ1n) is 7.56. The summed E-state index contributed by atoms with van der Waals surface area (Å²) in [6, 6.07) is 18.1. The van der Waals surface area contributed by atoms with Crippen LogP contribution in [-0.4, -0.2) is 13.4 Å². The fourth-order valence-electron chi connectivity index (χ4n) is 2.46. The van der Waals surface area contributed by atoms with Gasteiger partial charge in [0.15, 0.2) is 0 Å². The van der Waals surface area contributed by atoms with Gasteiger partial charge in [-0.3, -0.25) is 4.72 Å². The summed E-state index contributed by atoms with van der Waals surface area (Å²) in [5, 5.41) is 1.90. The van der Waals surface area contributed by atoms with E-state index in [9.17, 15) is 8.42 Å². The molecule has 0 atom stereocenters. The summed E-state index contributed by atoms with van der Waals surface area (Å²) in [6.45, 7) is 2.06. The number of hydrogen-bond acceptors (Lipinski definition) is 3. The summed E-state index contributed by atoms with van der Waals surface area (Å²) in [4.78, 5) is 4.58. The highest BCUT2D eigenvalue weighted by atomic mass is 32.2. The number of sulfonamides is 1. The van der Waals surface area contributed by atoms with Crippen LogP contribution in [0.1, 0.15) is 19.0 Å². The van der Waals surface area contributed by atoms with Gasteiger partial charge in [0.1, 0.15) is 5.82 Å². The van der Waals surface area contributed by atoms with E-state index < -0.39 is 10.0 Å². The Kier molecular flexibility index (Phi) is 4.30. The molecular weight excluding hydrogens is 308 g/mol. The molecule has 0 saturated carbocycles. The van der Waals surface area contributed by atoms with Gasteiger partial charge in [0.05, 0.1) is 4.90 Å². The van der Waals surface area contributed by atoms with Gasteiger partial charge in [0, 0.05) is 5.69 Å². The molecule has 23 heavy (non-hydrogen) atoms. The van der Waals surface area contributed by atoms with Gasteiger partial charge in [0.2, 0.25) is 0 Å². The Morgan fingerprint density at radius 2 is 1.74 bits per heavy atom. The minimum Gasteiger partial charge on any atom is -0.263 e. The van der Waals surface area contributed by atoms with E-state index in [0.29, 0.717) is 5.82 Å². The largest absolute Gasteiger partial charge is 0.263 e. The molecule has 0 saturated heterocycles. The number of anilines is 1. The lowest BCUT2D eigenvalue weighted by molar-refractivity contribution is 0.601. The molecule has 0 spiro atoms. The number of pyridine rings is 1. The second-order valence-corrected chi connectivity index (χ2v) is 7.06. The van der Waals surface area contributed by atoms with Gasteiger partial charge in [0.25, 0.3) is 10.0 Å². The average Bonchev–Trinajstić information content (AvgIpc) is 2.54. The van der Waals surface area contributed by atoms with Crippen LogP contribution in [-0.2, 0) is 16.4 Å². The zero-order valence-corrected chi connectivity index (χ0v) is 13.7. The van der Waals surface area contributed by atoms with E-state index in [2.05, 4.69) is 16.6 Å². The Bertz CT molecular complexity index is 936. The Labute approximate surface area is 136 Å². The van der Waals surface area contributed by atoms with E-state index in [0.717, 1.165) is 29.3 Å². The minimum atomic E-state index is -3.65. The molecule has 0 fully saturated rings. The molecule has 1 N–H and O–H groups in total. The number of aromatic nitrogens is 1. The summed E-state index contributed by atoms with van der Waals surface area (Å²) >= 11 is 0. The number of nitrogens with one attached hydrogen (secondary N) is 1. The molecule has 1 aromatic heterocycles. The van der Waals surface area contributed by atoms with Gasteiger partial charge in [-0.05, 0) is 41.5 Å². The van der Waals surface area contributed by atoms with Gasteiger partial charge in [-0.1, -0.05) is 49.7 Å². The molecule has 0 aliphatic heterocycles. The molecule has 0 bridgehead atoms. The molecule has 3 aromatic rings. The highest BCUT2D eigenvalue weighted by molar-refractivity contribution is 7.92. The molecule has 4 nitrogen and oxygen atoms in total. The maximum Gasteiger partial charge on any atom is 0.263 e. The Hall–Kier alpha value is -2.40. The quantitative estimate of drug-likeness (QED) is 0.771. The average molecular weight is 326 g/mol. The summed E-state index contributed by atoms with van der Waals surface area (Å²) in [7, 11) is -3.65. The SMILES string of the molecule is CCCc1cccc(NS(=O)(=O)c2ccc3ccccc3c2)n1. The normalized spacial score (nSPS) is 11.5. The summed E-state index contributed by atoms with van der Waals surface area (Å²) in [5.74, 6) is 0.351. The van der Waals surface area contributed by atoms with Crippen molar-refractivity contribution in [1.82, 2.24) is 4.98 Å². The van der Waals surface area contributed by atoms with Crippen molar-refractivity contribution in [2.24, 2.45) is 0 Å². The van der Waals surface area contributed by atoms with Gasteiger partial charge in [-0.2, -0.15) is 0 Å². The molecule has 118 valence electrons. The van der Waals surface area contributed by atoms with Crippen LogP contribution in [0.3, 0.4) is 0 Å². The van der Waals surface area contributed by atoms with Crippen LogP contribution < -0.4 is 4.72 Å². The lowest BCUT2D eigenvalue weighted by Crippen LogP contribution is -2.14. The molecule has 3 rings (SSSR count). The van der Waals surface area contributed by atoms with Gasteiger partial charge in [-0.15, -0.1) is 0 Å². The maximum absolute atomic E-state index is 12.6. The van der Waals surface area contributed by atoms with Crippen LogP contribution in [0.2, 0.25) is 0 Å². The van der Waals surface area contributed by atoms with Crippen LogP contribution in [0.15, 0.2) is 65.6 Å². The van der Waals surface area contributed by atoms with Crippen LogP contribution in [0.4, 0.5) is 5.82 Å². The summed E-state index contributed by atoms with van der Waals surface area (Å²) in [6.07, 6.45) is 1.79. The third-order valence-electron chi connectivity index (χ3n) is 3.58. The predicted octanol–water partition coefficient (Wildman–Crippen LogP) is 3.99. The highest BCUT2D eigenvalue weighted by Crippen LogP contribution is 2.21. The van der Waals surface area contributed by atoms with Crippen LogP contribution >= 0.6 is 0 Å². The van der Waals surface area contributed by atoms with Crippen molar-refractivity contribution in [1.29, 1.82) is 0 Å². The van der Waals surface area contributed by atoms with Crippen molar-refractivity contribution < 1.29 is 8.42 Å². The smallest absolute Gasteiger partial charge is 0.263 e. The number of aryl methyl sites for hydroxylation is 1. The third-order valence-corrected chi connectivity index (χ3v) is 4.94. The van der Waals surface area contributed by atoms with Crippen molar-refractivity contribution in [2.45, 2.75) is 24.7 Å². The molecule has 0 radical (unpaired) electrons. The predicted molar refractivity (Wildman–Crippen MR) is 93.0 cm³/mol. The van der Waals surface area contributed by atoms with Crippen molar-refractivity contribution in [3.05, 3.63) is 66.4 Å².